The zero-order valence-electron chi connectivity index (χ0n) is 13.2. The van der Waals surface area contributed by atoms with Crippen molar-refractivity contribution in [1.29, 1.82) is 0 Å². The molecule has 2 rings (SSSR count). The van der Waals surface area contributed by atoms with E-state index in [2.05, 4.69) is 10.1 Å². The van der Waals surface area contributed by atoms with E-state index in [9.17, 15) is 22.4 Å². The van der Waals surface area contributed by atoms with Crippen LogP contribution in [0.25, 0.3) is 0 Å². The van der Waals surface area contributed by atoms with Gasteiger partial charge < -0.3 is 20.5 Å². The van der Waals surface area contributed by atoms with E-state index in [0.717, 1.165) is 12.1 Å². The Morgan fingerprint density at radius 2 is 1.96 bits per heavy atom. The van der Waals surface area contributed by atoms with Gasteiger partial charge in [-0.25, -0.2) is 9.18 Å². The van der Waals surface area contributed by atoms with Crippen molar-refractivity contribution in [1.82, 2.24) is 5.32 Å². The first kappa shape index (κ1) is 18.3. The quantitative estimate of drug-likeness (QED) is 0.800. The van der Waals surface area contributed by atoms with Crippen LogP contribution in [0.2, 0.25) is 0 Å². The first-order valence-electron chi connectivity index (χ1n) is 7.20. The Hall–Kier alpha value is -2.03. The van der Waals surface area contributed by atoms with Gasteiger partial charge in [-0.3, -0.25) is 0 Å². The lowest BCUT2D eigenvalue weighted by Crippen LogP contribution is -2.42. The maximum Gasteiger partial charge on any atom is 0.573 e. The zero-order valence-corrected chi connectivity index (χ0v) is 13.2. The molecule has 9 heteroatoms. The van der Waals surface area contributed by atoms with Crippen LogP contribution >= 0.6 is 0 Å². The van der Waals surface area contributed by atoms with Crippen molar-refractivity contribution in [2.45, 2.75) is 44.1 Å². The first-order valence-corrected chi connectivity index (χ1v) is 7.20. The molecular formula is C15H18F4N2O3. The van der Waals surface area contributed by atoms with Crippen LogP contribution in [0.5, 0.6) is 5.75 Å². The number of halogens is 4. The summed E-state index contributed by atoms with van der Waals surface area (Å²) in [7, 11) is 0. The zero-order chi connectivity index (χ0) is 18.2. The molecular weight excluding hydrogens is 332 g/mol. The van der Waals surface area contributed by atoms with Gasteiger partial charge in [-0.05, 0) is 44.4 Å². The van der Waals surface area contributed by atoms with E-state index in [-0.39, 0.29) is 6.61 Å². The predicted molar refractivity (Wildman–Crippen MR) is 76.7 cm³/mol. The SMILES string of the molecule is CC(C)(N)COC(=O)NC1(c2ccc(F)c(OC(F)(F)F)c2)CC1. The Kier molecular flexibility index (Phi) is 4.67. The van der Waals surface area contributed by atoms with E-state index in [4.69, 9.17) is 10.5 Å². The summed E-state index contributed by atoms with van der Waals surface area (Å²) in [6, 6.07) is 3.11. The lowest BCUT2D eigenvalue weighted by molar-refractivity contribution is -0.275. The van der Waals surface area contributed by atoms with E-state index >= 15 is 0 Å². The molecule has 0 atom stereocenters. The molecule has 0 radical (unpaired) electrons. The number of nitrogens with one attached hydrogen (secondary N) is 1. The molecule has 1 aromatic carbocycles. The number of nitrogens with two attached hydrogens (primary N) is 1. The molecule has 1 aliphatic carbocycles. The van der Waals surface area contributed by atoms with Crippen LogP contribution < -0.4 is 15.8 Å². The smallest absolute Gasteiger partial charge is 0.448 e. The van der Waals surface area contributed by atoms with Gasteiger partial charge in [0, 0.05) is 5.54 Å². The van der Waals surface area contributed by atoms with Crippen molar-refractivity contribution >= 4 is 6.09 Å². The number of alkyl carbamates (subject to hydrolysis) is 1. The number of hydrogen-bond acceptors (Lipinski definition) is 4. The molecule has 1 aliphatic rings. The van der Waals surface area contributed by atoms with E-state index < -0.39 is 35.1 Å². The summed E-state index contributed by atoms with van der Waals surface area (Å²) in [5, 5.41) is 2.59. The minimum absolute atomic E-state index is 0.0270. The highest BCUT2D eigenvalue weighted by atomic mass is 19.4. The summed E-state index contributed by atoms with van der Waals surface area (Å²) >= 11 is 0. The van der Waals surface area contributed by atoms with E-state index in [1.165, 1.54) is 6.07 Å². The minimum Gasteiger partial charge on any atom is -0.448 e. The Morgan fingerprint density at radius 3 is 2.46 bits per heavy atom. The number of alkyl halides is 3. The maximum atomic E-state index is 13.5. The van der Waals surface area contributed by atoms with Crippen LogP contribution in [0.15, 0.2) is 18.2 Å². The molecule has 0 bridgehead atoms. The second kappa shape index (κ2) is 6.12. The van der Waals surface area contributed by atoms with Gasteiger partial charge in [-0.2, -0.15) is 0 Å². The fourth-order valence-corrected chi connectivity index (χ4v) is 2.10. The molecule has 24 heavy (non-hydrogen) atoms. The average Bonchev–Trinajstić information content (AvgIpc) is 3.17. The van der Waals surface area contributed by atoms with Crippen molar-refractivity contribution < 1.29 is 31.8 Å². The second-order valence-electron chi connectivity index (χ2n) is 6.46. The molecule has 1 amide bonds. The second-order valence-corrected chi connectivity index (χ2v) is 6.46. The number of rotatable bonds is 5. The summed E-state index contributed by atoms with van der Waals surface area (Å²) in [6.45, 7) is 3.32. The highest BCUT2D eigenvalue weighted by Crippen LogP contribution is 2.47. The van der Waals surface area contributed by atoms with Gasteiger partial charge in [0.2, 0.25) is 0 Å². The molecule has 0 aromatic heterocycles. The highest BCUT2D eigenvalue weighted by Gasteiger charge is 2.47. The van der Waals surface area contributed by atoms with Gasteiger partial charge >= 0.3 is 12.5 Å². The third-order valence-corrected chi connectivity index (χ3v) is 3.38. The Balaban J connectivity index is 2.10. The number of ether oxygens (including phenoxy) is 2. The Morgan fingerprint density at radius 1 is 1.33 bits per heavy atom. The van der Waals surface area contributed by atoms with Crippen molar-refractivity contribution in [3.8, 4) is 5.75 Å². The van der Waals surface area contributed by atoms with E-state index in [1.807, 2.05) is 0 Å². The van der Waals surface area contributed by atoms with Crippen LogP contribution in [0.4, 0.5) is 22.4 Å². The van der Waals surface area contributed by atoms with Gasteiger partial charge in [0.05, 0.1) is 5.54 Å². The lowest BCUT2D eigenvalue weighted by atomic mass is 10.0. The molecule has 5 nitrogen and oxygen atoms in total. The fraction of sp³-hybridized carbons (Fsp3) is 0.533. The van der Waals surface area contributed by atoms with Gasteiger partial charge in [0.1, 0.15) is 6.61 Å². The molecule has 0 heterocycles. The van der Waals surface area contributed by atoms with Gasteiger partial charge in [0.25, 0.3) is 0 Å². The molecule has 0 spiro atoms. The third kappa shape index (κ3) is 4.98. The molecule has 3 N–H and O–H groups in total. The molecule has 134 valence electrons. The number of carbonyl (C=O) groups excluding carboxylic acids is 1. The first-order chi connectivity index (χ1) is 10.9. The van der Waals surface area contributed by atoms with Gasteiger partial charge in [0.15, 0.2) is 11.6 Å². The summed E-state index contributed by atoms with van der Waals surface area (Å²) in [6.07, 6.45) is -4.76. The largest absolute Gasteiger partial charge is 0.573 e. The monoisotopic (exact) mass is 350 g/mol. The average molecular weight is 350 g/mol. The molecule has 0 unspecified atom stereocenters. The molecule has 0 saturated heterocycles. The van der Waals surface area contributed by atoms with Crippen LogP contribution in [0, 0.1) is 5.82 Å². The van der Waals surface area contributed by atoms with E-state index in [1.54, 1.807) is 13.8 Å². The van der Waals surface area contributed by atoms with Gasteiger partial charge in [-0.1, -0.05) is 6.07 Å². The van der Waals surface area contributed by atoms with Crippen molar-refractivity contribution in [2.24, 2.45) is 5.73 Å². The van der Waals surface area contributed by atoms with E-state index in [0.29, 0.717) is 18.4 Å². The summed E-state index contributed by atoms with van der Waals surface area (Å²) in [4.78, 5) is 11.8. The van der Waals surface area contributed by atoms with Crippen LogP contribution in [0.1, 0.15) is 32.3 Å². The summed E-state index contributed by atoms with van der Waals surface area (Å²) in [5.41, 5.74) is 4.42. The fourth-order valence-electron chi connectivity index (χ4n) is 2.10. The standard InChI is InChI=1S/C15H18F4N2O3/c1-13(2,20)8-23-12(22)21-14(5-6-14)9-3-4-10(16)11(7-9)24-15(17,18)19/h3-4,7H,5-6,8,20H2,1-2H3,(H,21,22). The van der Waals surface area contributed by atoms with Crippen molar-refractivity contribution in [3.63, 3.8) is 0 Å². The minimum atomic E-state index is -5.00. The maximum absolute atomic E-state index is 13.5. The predicted octanol–water partition coefficient (Wildman–Crippen LogP) is 3.18. The lowest BCUT2D eigenvalue weighted by Gasteiger charge is -2.22. The molecule has 1 saturated carbocycles. The number of hydrogen-bond donors (Lipinski definition) is 2. The summed E-state index contributed by atoms with van der Waals surface area (Å²) in [5.74, 6) is -2.08. The molecule has 0 aliphatic heterocycles. The molecule has 1 aromatic rings. The van der Waals surface area contributed by atoms with Crippen LogP contribution in [-0.2, 0) is 10.3 Å². The molecule has 1 fully saturated rings. The van der Waals surface area contributed by atoms with Crippen LogP contribution in [-0.4, -0.2) is 24.6 Å². The Labute approximate surface area is 136 Å². The van der Waals surface area contributed by atoms with Crippen molar-refractivity contribution in [3.05, 3.63) is 29.6 Å². The third-order valence-electron chi connectivity index (χ3n) is 3.38. The highest BCUT2D eigenvalue weighted by molar-refractivity contribution is 5.69. The normalized spacial score (nSPS) is 16.5. The number of benzene rings is 1. The summed E-state index contributed by atoms with van der Waals surface area (Å²) < 4.78 is 59.0. The van der Waals surface area contributed by atoms with Crippen molar-refractivity contribution in [2.75, 3.05) is 6.61 Å². The van der Waals surface area contributed by atoms with Gasteiger partial charge in [-0.15, -0.1) is 13.2 Å². The number of amides is 1. The topological polar surface area (TPSA) is 73.6 Å². The van der Waals surface area contributed by atoms with Crippen LogP contribution in [0.3, 0.4) is 0 Å². The number of carbonyl (C=O) groups is 1. The Bertz CT molecular complexity index is 622.